The summed E-state index contributed by atoms with van der Waals surface area (Å²) in [7, 11) is 1.83. The number of rotatable bonds is 7. The van der Waals surface area contributed by atoms with Crippen LogP contribution in [-0.2, 0) is 4.79 Å². The fourth-order valence-electron chi connectivity index (χ4n) is 1.76. The zero-order valence-electron chi connectivity index (χ0n) is 11.7. The van der Waals surface area contributed by atoms with Crippen molar-refractivity contribution in [2.24, 2.45) is 0 Å². The van der Waals surface area contributed by atoms with E-state index in [0.29, 0.717) is 19.6 Å². The van der Waals surface area contributed by atoms with Gasteiger partial charge in [0.2, 0.25) is 5.91 Å². The fourth-order valence-corrected chi connectivity index (χ4v) is 1.76. The predicted octanol–water partition coefficient (Wildman–Crippen LogP) is 2.29. The van der Waals surface area contributed by atoms with Crippen molar-refractivity contribution in [2.45, 2.75) is 26.3 Å². The summed E-state index contributed by atoms with van der Waals surface area (Å²) in [6.07, 6.45) is 0.484. The third-order valence-electron chi connectivity index (χ3n) is 2.66. The van der Waals surface area contributed by atoms with Gasteiger partial charge in [-0.1, -0.05) is 18.2 Å². The molecule has 0 fully saturated rings. The molecule has 0 heterocycles. The zero-order chi connectivity index (χ0) is 13.4. The van der Waals surface area contributed by atoms with E-state index in [-0.39, 0.29) is 24.4 Å². The van der Waals surface area contributed by atoms with Crippen LogP contribution in [0.1, 0.15) is 31.9 Å². The zero-order valence-corrected chi connectivity index (χ0v) is 12.5. The van der Waals surface area contributed by atoms with Crippen LogP contribution in [0.2, 0.25) is 0 Å². The van der Waals surface area contributed by atoms with Gasteiger partial charge >= 0.3 is 0 Å². The topological polar surface area (TPSA) is 50.4 Å². The van der Waals surface area contributed by atoms with Crippen LogP contribution in [0.15, 0.2) is 24.3 Å². The summed E-state index contributed by atoms with van der Waals surface area (Å²) in [5.41, 5.74) is 1.01. The molecule has 0 spiro atoms. The molecule has 0 aliphatic rings. The van der Waals surface area contributed by atoms with E-state index in [0.717, 1.165) is 11.3 Å². The van der Waals surface area contributed by atoms with E-state index in [4.69, 9.17) is 4.74 Å². The predicted molar refractivity (Wildman–Crippen MR) is 80.0 cm³/mol. The Labute approximate surface area is 121 Å². The number of hydrogen-bond donors (Lipinski definition) is 2. The lowest BCUT2D eigenvalue weighted by Crippen LogP contribution is -2.29. The molecule has 4 nitrogen and oxygen atoms in total. The highest BCUT2D eigenvalue weighted by molar-refractivity contribution is 5.85. The number of carbonyl (C=O) groups excluding carboxylic acids is 1. The van der Waals surface area contributed by atoms with Crippen molar-refractivity contribution in [1.82, 2.24) is 10.6 Å². The lowest BCUT2D eigenvalue weighted by molar-refractivity contribution is -0.121. The Hall–Kier alpha value is -1.26. The molecule has 0 aliphatic carbocycles. The van der Waals surface area contributed by atoms with E-state index in [1.807, 2.05) is 45.2 Å². The summed E-state index contributed by atoms with van der Waals surface area (Å²) >= 11 is 0. The molecule has 1 atom stereocenters. The SMILES string of the molecule is CCOc1ccccc1C(C)NC(=O)CCNC.Cl. The van der Waals surface area contributed by atoms with Crippen LogP contribution in [0.5, 0.6) is 5.75 Å². The highest BCUT2D eigenvalue weighted by Gasteiger charge is 2.13. The summed E-state index contributed by atoms with van der Waals surface area (Å²) in [6, 6.07) is 7.75. The van der Waals surface area contributed by atoms with Gasteiger partial charge in [-0.3, -0.25) is 4.79 Å². The monoisotopic (exact) mass is 286 g/mol. The maximum Gasteiger partial charge on any atom is 0.221 e. The molecular weight excluding hydrogens is 264 g/mol. The van der Waals surface area contributed by atoms with Crippen molar-refractivity contribution < 1.29 is 9.53 Å². The Kier molecular flexibility index (Phi) is 9.00. The molecule has 0 saturated heterocycles. The van der Waals surface area contributed by atoms with Crippen LogP contribution < -0.4 is 15.4 Å². The number of halogens is 1. The van der Waals surface area contributed by atoms with Gasteiger partial charge in [0.25, 0.3) is 0 Å². The molecule has 5 heteroatoms. The first kappa shape index (κ1) is 17.7. The molecule has 0 aromatic heterocycles. The van der Waals surface area contributed by atoms with Gasteiger partial charge in [0.05, 0.1) is 12.6 Å². The first-order valence-corrected chi connectivity index (χ1v) is 6.34. The van der Waals surface area contributed by atoms with Crippen molar-refractivity contribution >= 4 is 18.3 Å². The molecule has 0 saturated carbocycles. The molecule has 1 amide bonds. The van der Waals surface area contributed by atoms with Crippen molar-refractivity contribution in [3.63, 3.8) is 0 Å². The van der Waals surface area contributed by atoms with E-state index in [1.165, 1.54) is 0 Å². The maximum absolute atomic E-state index is 11.7. The van der Waals surface area contributed by atoms with Gasteiger partial charge in [-0.15, -0.1) is 12.4 Å². The molecule has 2 N–H and O–H groups in total. The third kappa shape index (κ3) is 5.94. The van der Waals surface area contributed by atoms with Gasteiger partial charge in [-0.05, 0) is 27.0 Å². The number of amides is 1. The van der Waals surface area contributed by atoms with E-state index >= 15 is 0 Å². The van der Waals surface area contributed by atoms with E-state index in [9.17, 15) is 4.79 Å². The average molecular weight is 287 g/mol. The molecule has 108 valence electrons. The van der Waals surface area contributed by atoms with Gasteiger partial charge in [-0.25, -0.2) is 0 Å². The Morgan fingerprint density at radius 3 is 2.68 bits per heavy atom. The summed E-state index contributed by atoms with van der Waals surface area (Å²) in [5.74, 6) is 0.879. The van der Waals surface area contributed by atoms with Crippen LogP contribution in [-0.4, -0.2) is 26.1 Å². The lowest BCUT2D eigenvalue weighted by atomic mass is 10.1. The second kappa shape index (κ2) is 9.64. The molecule has 0 radical (unpaired) electrons. The van der Waals surface area contributed by atoms with Crippen LogP contribution in [0.25, 0.3) is 0 Å². The molecule has 0 aliphatic heterocycles. The fraction of sp³-hybridized carbons (Fsp3) is 0.500. The summed E-state index contributed by atoms with van der Waals surface area (Å²) in [4.78, 5) is 11.7. The number of para-hydroxylation sites is 1. The van der Waals surface area contributed by atoms with E-state index < -0.39 is 0 Å². The normalized spacial score (nSPS) is 11.3. The molecule has 1 aromatic rings. The number of benzene rings is 1. The highest BCUT2D eigenvalue weighted by atomic mass is 35.5. The van der Waals surface area contributed by atoms with Crippen molar-refractivity contribution in [2.75, 3.05) is 20.2 Å². The van der Waals surface area contributed by atoms with E-state index in [1.54, 1.807) is 0 Å². The number of ether oxygens (including phenoxy) is 1. The Morgan fingerprint density at radius 2 is 2.05 bits per heavy atom. The average Bonchev–Trinajstić information content (AvgIpc) is 2.37. The van der Waals surface area contributed by atoms with Gasteiger partial charge < -0.3 is 15.4 Å². The minimum absolute atomic E-state index is 0. The third-order valence-corrected chi connectivity index (χ3v) is 2.66. The second-order valence-electron chi connectivity index (χ2n) is 4.11. The quantitative estimate of drug-likeness (QED) is 0.809. The first-order valence-electron chi connectivity index (χ1n) is 6.34. The Balaban J connectivity index is 0.00000324. The second-order valence-corrected chi connectivity index (χ2v) is 4.11. The highest BCUT2D eigenvalue weighted by Crippen LogP contribution is 2.24. The standard InChI is InChI=1S/C14H22N2O2.ClH/c1-4-18-13-8-6-5-7-12(13)11(2)16-14(17)9-10-15-3;/h5-8,11,15H,4,9-10H2,1-3H3,(H,16,17);1H. The Morgan fingerprint density at radius 1 is 1.37 bits per heavy atom. The molecular formula is C14H23ClN2O2. The summed E-state index contributed by atoms with van der Waals surface area (Å²) < 4.78 is 5.56. The van der Waals surface area contributed by atoms with Crippen molar-refractivity contribution in [3.8, 4) is 5.75 Å². The maximum atomic E-state index is 11.7. The van der Waals surface area contributed by atoms with E-state index in [2.05, 4.69) is 10.6 Å². The van der Waals surface area contributed by atoms with Crippen LogP contribution >= 0.6 is 12.4 Å². The van der Waals surface area contributed by atoms with Gasteiger partial charge in [0.15, 0.2) is 0 Å². The van der Waals surface area contributed by atoms with Gasteiger partial charge in [-0.2, -0.15) is 0 Å². The minimum Gasteiger partial charge on any atom is -0.494 e. The molecule has 0 bridgehead atoms. The van der Waals surface area contributed by atoms with Crippen LogP contribution in [0.4, 0.5) is 0 Å². The number of nitrogens with one attached hydrogen (secondary N) is 2. The largest absolute Gasteiger partial charge is 0.494 e. The first-order chi connectivity index (χ1) is 8.69. The number of hydrogen-bond acceptors (Lipinski definition) is 3. The summed E-state index contributed by atoms with van der Waals surface area (Å²) in [5, 5.41) is 5.93. The molecule has 1 rings (SSSR count). The smallest absolute Gasteiger partial charge is 0.221 e. The summed E-state index contributed by atoms with van der Waals surface area (Å²) in [6.45, 7) is 5.23. The lowest BCUT2D eigenvalue weighted by Gasteiger charge is -2.17. The van der Waals surface area contributed by atoms with Crippen LogP contribution in [0.3, 0.4) is 0 Å². The molecule has 1 unspecified atom stereocenters. The minimum atomic E-state index is -0.0443. The number of carbonyl (C=O) groups is 1. The van der Waals surface area contributed by atoms with Crippen molar-refractivity contribution in [1.29, 1.82) is 0 Å². The molecule has 1 aromatic carbocycles. The van der Waals surface area contributed by atoms with Crippen LogP contribution in [0, 0.1) is 0 Å². The molecule has 19 heavy (non-hydrogen) atoms. The van der Waals surface area contributed by atoms with Gasteiger partial charge in [0.1, 0.15) is 5.75 Å². The van der Waals surface area contributed by atoms with Gasteiger partial charge in [0, 0.05) is 18.5 Å². The van der Waals surface area contributed by atoms with Crippen molar-refractivity contribution in [3.05, 3.63) is 29.8 Å². The Bertz CT molecular complexity index is 385.